The average molecular weight is 821 g/mol. The van der Waals surface area contributed by atoms with Gasteiger partial charge in [-0.15, -0.1) is 0 Å². The number of hydrogen-bond acceptors (Lipinski definition) is 9. The van der Waals surface area contributed by atoms with Crippen LogP contribution in [-0.4, -0.2) is 74.7 Å². The lowest BCUT2D eigenvalue weighted by Gasteiger charge is -2.19. The molecule has 0 saturated heterocycles. The van der Waals surface area contributed by atoms with Crippen LogP contribution in [0.15, 0.2) is 85.1 Å². The van der Waals surface area contributed by atoms with Crippen molar-refractivity contribution in [3.05, 3.63) is 85.1 Å². The summed E-state index contributed by atoms with van der Waals surface area (Å²) in [6.45, 7) is 3.27. The van der Waals surface area contributed by atoms with Crippen LogP contribution < -0.4 is 0 Å². The van der Waals surface area contributed by atoms with E-state index in [4.69, 9.17) is 19.3 Å². The van der Waals surface area contributed by atoms with Gasteiger partial charge in [0.2, 0.25) is 0 Å². The average Bonchev–Trinajstić information content (AvgIpc) is 3.44. The summed E-state index contributed by atoms with van der Waals surface area (Å²) in [4.78, 5) is 43.0. The van der Waals surface area contributed by atoms with Crippen molar-refractivity contribution in [3.8, 4) is 0 Å². The monoisotopic (exact) mass is 820 g/mol. The standard InChI is InChI=1S/C45H73O11P/c1-3-5-7-8-9-10-11-12-13-14-15-16-17-18-19-20-21-22-28-32-45(50)56-39(37-55-57(51,52)53)36-54-44(49)31-27-24-23-26-30-40-41(43(48)35-42(40)47)34-33-38(46)29-25-6-4-2/h9-10,12-13,15-16,18-19,21-23,26,33-34,38-43,46-48H,3-8,11,14,17,20,24-25,27-32,35-37H2,1-2H3,(H2,51,52,53)/b10-9-,13-12-,16-15-,19-18-,22-21-,26-23+,34-33+/t38-,39+,40+,41+,42-,43+/m0/s1. The van der Waals surface area contributed by atoms with Crippen molar-refractivity contribution in [1.29, 1.82) is 0 Å². The molecule has 324 valence electrons. The minimum absolute atomic E-state index is 0.0344. The van der Waals surface area contributed by atoms with Gasteiger partial charge in [0.1, 0.15) is 6.61 Å². The van der Waals surface area contributed by atoms with Gasteiger partial charge in [-0.2, -0.15) is 0 Å². The summed E-state index contributed by atoms with van der Waals surface area (Å²) in [6.07, 6.45) is 39.8. The van der Waals surface area contributed by atoms with Gasteiger partial charge in [0.25, 0.3) is 0 Å². The van der Waals surface area contributed by atoms with Crippen LogP contribution in [-0.2, 0) is 28.2 Å². The van der Waals surface area contributed by atoms with E-state index >= 15 is 0 Å². The maximum atomic E-state index is 12.4. The summed E-state index contributed by atoms with van der Waals surface area (Å²) >= 11 is 0. The second kappa shape index (κ2) is 34.0. The van der Waals surface area contributed by atoms with Gasteiger partial charge in [0.05, 0.1) is 24.9 Å². The fraction of sp³-hybridized carbons (Fsp3) is 0.644. The minimum atomic E-state index is -4.84. The molecule has 0 spiro atoms. The topological polar surface area (TPSA) is 180 Å². The summed E-state index contributed by atoms with van der Waals surface area (Å²) in [5, 5.41) is 31.2. The third kappa shape index (κ3) is 29.9. The molecule has 1 aliphatic rings. The van der Waals surface area contributed by atoms with E-state index in [2.05, 4.69) is 60.9 Å². The van der Waals surface area contributed by atoms with Gasteiger partial charge in [-0.3, -0.25) is 14.1 Å². The van der Waals surface area contributed by atoms with Gasteiger partial charge in [-0.1, -0.05) is 131 Å². The molecule has 0 bridgehead atoms. The van der Waals surface area contributed by atoms with E-state index in [-0.39, 0.29) is 31.1 Å². The van der Waals surface area contributed by atoms with Crippen LogP contribution in [0.2, 0.25) is 0 Å². The van der Waals surface area contributed by atoms with E-state index in [1.54, 1.807) is 6.08 Å². The second-order valence-corrected chi connectivity index (χ2v) is 15.8. The maximum absolute atomic E-state index is 12.4. The molecular formula is C45H73O11P. The maximum Gasteiger partial charge on any atom is 0.469 e. The predicted octanol–water partition coefficient (Wildman–Crippen LogP) is 9.22. The lowest BCUT2D eigenvalue weighted by molar-refractivity contribution is -0.161. The number of hydrogen-bond donors (Lipinski definition) is 5. The first-order valence-corrected chi connectivity index (χ1v) is 22.7. The van der Waals surface area contributed by atoms with E-state index in [1.807, 2.05) is 36.5 Å². The summed E-state index contributed by atoms with van der Waals surface area (Å²) in [7, 11) is -4.84. The zero-order valence-corrected chi connectivity index (χ0v) is 35.4. The molecule has 0 unspecified atom stereocenters. The molecule has 0 aromatic rings. The number of carbonyl (C=O) groups is 2. The predicted molar refractivity (Wildman–Crippen MR) is 227 cm³/mol. The van der Waals surface area contributed by atoms with E-state index < -0.39 is 57.4 Å². The van der Waals surface area contributed by atoms with Crippen molar-refractivity contribution in [2.24, 2.45) is 11.8 Å². The molecule has 0 aromatic carbocycles. The first-order chi connectivity index (χ1) is 27.5. The van der Waals surface area contributed by atoms with Crippen LogP contribution in [0.3, 0.4) is 0 Å². The Hall–Kier alpha value is -2.89. The van der Waals surface area contributed by atoms with Gasteiger partial charge in [-0.05, 0) is 76.5 Å². The SMILES string of the molecule is CCCCC/C=C\C/C=C\C/C=C\C/C=C\C/C=C\CCC(=O)O[C@H](COC(=O)CCC/C=C/C[C@@H]1[C@@H](/C=C/[C@@H](O)CCCCC)[C@H](O)C[C@@H]1O)COP(=O)(O)O. The Morgan fingerprint density at radius 1 is 0.684 bits per heavy atom. The van der Waals surface area contributed by atoms with Gasteiger partial charge in [0.15, 0.2) is 6.10 Å². The van der Waals surface area contributed by atoms with Crippen molar-refractivity contribution in [2.45, 2.75) is 160 Å². The number of rotatable bonds is 33. The van der Waals surface area contributed by atoms with Crippen LogP contribution in [0.25, 0.3) is 0 Å². The quantitative estimate of drug-likeness (QED) is 0.0184. The first-order valence-electron chi connectivity index (χ1n) is 21.1. The zero-order valence-electron chi connectivity index (χ0n) is 34.5. The lowest BCUT2D eigenvalue weighted by atomic mass is 9.89. The molecule has 1 rings (SSSR count). The van der Waals surface area contributed by atoms with Gasteiger partial charge < -0.3 is 34.6 Å². The molecule has 11 nitrogen and oxygen atoms in total. The molecule has 1 aliphatic carbocycles. The number of aliphatic hydroxyl groups excluding tert-OH is 3. The van der Waals surface area contributed by atoms with Crippen LogP contribution in [0, 0.1) is 11.8 Å². The van der Waals surface area contributed by atoms with Crippen LogP contribution in [0.4, 0.5) is 0 Å². The van der Waals surface area contributed by atoms with Crippen molar-refractivity contribution < 1.29 is 53.3 Å². The zero-order chi connectivity index (χ0) is 42.0. The van der Waals surface area contributed by atoms with Crippen molar-refractivity contribution in [2.75, 3.05) is 13.2 Å². The van der Waals surface area contributed by atoms with Crippen LogP contribution in [0.5, 0.6) is 0 Å². The normalized spacial score (nSPS) is 20.5. The Bertz CT molecular complexity index is 1310. The van der Waals surface area contributed by atoms with E-state index in [0.29, 0.717) is 32.1 Å². The highest BCUT2D eigenvalue weighted by molar-refractivity contribution is 7.46. The molecule has 0 heterocycles. The van der Waals surface area contributed by atoms with Crippen molar-refractivity contribution in [1.82, 2.24) is 0 Å². The number of carbonyl (C=O) groups excluding carboxylic acids is 2. The van der Waals surface area contributed by atoms with Gasteiger partial charge in [-0.25, -0.2) is 4.57 Å². The minimum Gasteiger partial charge on any atom is -0.462 e. The molecule has 1 saturated carbocycles. The Morgan fingerprint density at radius 2 is 1.25 bits per heavy atom. The fourth-order valence-corrected chi connectivity index (χ4v) is 6.59. The van der Waals surface area contributed by atoms with Crippen LogP contribution >= 0.6 is 7.82 Å². The fourth-order valence-electron chi connectivity index (χ4n) is 6.23. The van der Waals surface area contributed by atoms with E-state index in [0.717, 1.165) is 51.4 Å². The number of allylic oxidation sites excluding steroid dienone is 12. The molecule has 0 aliphatic heterocycles. The molecule has 1 fully saturated rings. The molecule has 5 N–H and O–H groups in total. The number of esters is 2. The van der Waals surface area contributed by atoms with Gasteiger partial charge >= 0.3 is 19.8 Å². The Labute approximate surface area is 342 Å². The third-order valence-corrected chi connectivity index (χ3v) is 9.96. The molecule has 57 heavy (non-hydrogen) atoms. The van der Waals surface area contributed by atoms with E-state index in [1.165, 1.54) is 19.3 Å². The molecule has 0 amide bonds. The lowest BCUT2D eigenvalue weighted by Crippen LogP contribution is -2.29. The number of phosphoric acid groups is 1. The number of phosphoric ester groups is 1. The molecule has 0 radical (unpaired) electrons. The smallest absolute Gasteiger partial charge is 0.462 e. The summed E-state index contributed by atoms with van der Waals surface area (Å²) in [6, 6.07) is 0. The second-order valence-electron chi connectivity index (χ2n) is 14.6. The first kappa shape index (κ1) is 52.1. The molecule has 6 atom stereocenters. The van der Waals surface area contributed by atoms with Crippen molar-refractivity contribution >= 4 is 19.8 Å². The van der Waals surface area contributed by atoms with E-state index in [9.17, 15) is 29.5 Å². The van der Waals surface area contributed by atoms with Gasteiger partial charge in [0, 0.05) is 25.2 Å². The number of ether oxygens (including phenoxy) is 2. The number of aliphatic hydroxyl groups is 3. The highest BCUT2D eigenvalue weighted by Gasteiger charge is 2.39. The highest BCUT2D eigenvalue weighted by Crippen LogP contribution is 2.37. The number of unbranched alkanes of at least 4 members (excludes halogenated alkanes) is 6. The summed E-state index contributed by atoms with van der Waals surface area (Å²) in [5.41, 5.74) is 0. The third-order valence-electron chi connectivity index (χ3n) is 9.47. The summed E-state index contributed by atoms with van der Waals surface area (Å²) < 4.78 is 26.3. The molecular weight excluding hydrogens is 747 g/mol. The molecule has 0 aromatic heterocycles. The van der Waals surface area contributed by atoms with Crippen LogP contribution in [0.1, 0.15) is 136 Å². The Kier molecular flexibility index (Phi) is 31.1. The largest absolute Gasteiger partial charge is 0.469 e. The molecule has 12 heteroatoms. The Morgan fingerprint density at radius 3 is 1.86 bits per heavy atom. The highest BCUT2D eigenvalue weighted by atomic mass is 31.2. The summed E-state index contributed by atoms with van der Waals surface area (Å²) in [5.74, 6) is -1.60. The van der Waals surface area contributed by atoms with Crippen molar-refractivity contribution in [3.63, 3.8) is 0 Å². The Balaban J connectivity index is 2.35.